The molecular weight excluding hydrogens is 436 g/mol. The highest BCUT2D eigenvalue weighted by Gasteiger charge is 2.23. The van der Waals surface area contributed by atoms with Crippen molar-refractivity contribution in [2.45, 2.75) is 15.9 Å². The van der Waals surface area contributed by atoms with Gasteiger partial charge < -0.3 is 15.0 Å². The van der Waals surface area contributed by atoms with Crippen LogP contribution in [-0.2, 0) is 11.0 Å². The van der Waals surface area contributed by atoms with Crippen LogP contribution < -0.4 is 4.31 Å². The van der Waals surface area contributed by atoms with E-state index in [-0.39, 0.29) is 6.61 Å². The monoisotopic (exact) mass is 462 g/mol. The van der Waals surface area contributed by atoms with Crippen LogP contribution in [0.2, 0.25) is 0 Å². The number of benzene rings is 1. The quantitative estimate of drug-likeness (QED) is 0.510. The van der Waals surface area contributed by atoms with E-state index in [1.54, 1.807) is 0 Å². The molecule has 3 aromatic rings. The first kappa shape index (κ1) is 21.6. The predicted octanol–water partition coefficient (Wildman–Crippen LogP) is 3.56. The third-order valence-corrected chi connectivity index (χ3v) is 8.99. The summed E-state index contributed by atoms with van der Waals surface area (Å²) in [7, 11) is 2.66. The van der Waals surface area contributed by atoms with Crippen molar-refractivity contribution in [3.8, 4) is 0 Å². The Hall–Kier alpha value is -1.65. The Morgan fingerprint density at radius 1 is 1.27 bits per heavy atom. The van der Waals surface area contributed by atoms with Crippen molar-refractivity contribution < 1.29 is 9.32 Å². The molecule has 0 spiro atoms. The summed E-state index contributed by atoms with van der Waals surface area (Å²) in [4.78, 5) is 10.4. The van der Waals surface area contributed by atoms with E-state index in [1.165, 1.54) is 11.3 Å². The van der Waals surface area contributed by atoms with Gasteiger partial charge in [0.1, 0.15) is 9.25 Å². The van der Waals surface area contributed by atoms with Gasteiger partial charge in [0.05, 0.1) is 30.0 Å². The van der Waals surface area contributed by atoms with Gasteiger partial charge in [-0.2, -0.15) is 0 Å². The van der Waals surface area contributed by atoms with E-state index in [9.17, 15) is 4.21 Å². The van der Waals surface area contributed by atoms with Crippen molar-refractivity contribution in [2.75, 3.05) is 44.6 Å². The number of thiophene rings is 1. The van der Waals surface area contributed by atoms with Gasteiger partial charge in [-0.05, 0) is 43.6 Å². The molecule has 2 atom stereocenters. The molecule has 0 saturated carbocycles. The lowest BCUT2D eigenvalue weighted by molar-refractivity contribution is 0.220. The molecule has 4 rings (SSSR count). The molecule has 6 nitrogen and oxygen atoms in total. The van der Waals surface area contributed by atoms with Gasteiger partial charge in [-0.3, -0.25) is 9.30 Å². The van der Waals surface area contributed by atoms with E-state index in [2.05, 4.69) is 22.0 Å². The van der Waals surface area contributed by atoms with Crippen molar-refractivity contribution in [3.63, 3.8) is 0 Å². The summed E-state index contributed by atoms with van der Waals surface area (Å²) in [5.74, 6) is 0. The number of nitrogens with one attached hydrogen (secondary N) is 1. The van der Waals surface area contributed by atoms with E-state index in [1.807, 2.05) is 59.8 Å². The molecule has 0 bridgehead atoms. The highest BCUT2D eigenvalue weighted by atomic mass is 32.2. The molecule has 0 amide bonds. The standard InChI is InChI=1S/C21H26N4O2S3/c1-24(10-11-26)9-8-16-14-22-21(29-16)17-13-15-5-3-6-18(20(15)23-17)25(2)30(27)19-7-4-12-28-19/h3-7,12-13,16,23,26H,8-11,14H2,1-2H3. The number of aliphatic imine (C=N–C) groups is 1. The largest absolute Gasteiger partial charge is 0.395 e. The van der Waals surface area contributed by atoms with Crippen LogP contribution in [0.1, 0.15) is 12.1 Å². The molecule has 1 aromatic carbocycles. The van der Waals surface area contributed by atoms with E-state index in [4.69, 9.17) is 10.1 Å². The predicted molar refractivity (Wildman–Crippen MR) is 129 cm³/mol. The van der Waals surface area contributed by atoms with Gasteiger partial charge in [0.15, 0.2) is 11.0 Å². The van der Waals surface area contributed by atoms with Gasteiger partial charge in [0.25, 0.3) is 0 Å². The lowest BCUT2D eigenvalue weighted by Gasteiger charge is -2.18. The number of fused-ring (bicyclic) bond motifs is 1. The number of rotatable bonds is 9. The zero-order valence-corrected chi connectivity index (χ0v) is 19.5. The Kier molecular flexibility index (Phi) is 6.94. The van der Waals surface area contributed by atoms with Gasteiger partial charge in [-0.25, -0.2) is 4.21 Å². The van der Waals surface area contributed by atoms with Gasteiger partial charge >= 0.3 is 0 Å². The second kappa shape index (κ2) is 9.65. The zero-order chi connectivity index (χ0) is 21.1. The number of aromatic nitrogens is 1. The van der Waals surface area contributed by atoms with E-state index in [0.717, 1.165) is 51.0 Å². The van der Waals surface area contributed by atoms with Crippen LogP contribution in [0.5, 0.6) is 0 Å². The molecule has 0 aliphatic carbocycles. The maximum atomic E-state index is 12.9. The van der Waals surface area contributed by atoms with Crippen molar-refractivity contribution in [2.24, 2.45) is 4.99 Å². The van der Waals surface area contributed by atoms with Crippen molar-refractivity contribution >= 4 is 55.7 Å². The van der Waals surface area contributed by atoms with Gasteiger partial charge in [0, 0.05) is 24.2 Å². The molecule has 3 heterocycles. The number of hydrogen-bond donors (Lipinski definition) is 2. The van der Waals surface area contributed by atoms with Gasteiger partial charge in [-0.15, -0.1) is 11.3 Å². The number of likely N-dealkylation sites (N-methyl/N-ethyl adjacent to an activating group) is 1. The van der Waals surface area contributed by atoms with Crippen molar-refractivity contribution in [1.29, 1.82) is 0 Å². The minimum absolute atomic E-state index is 0.194. The Balaban J connectivity index is 1.49. The molecule has 1 aliphatic heterocycles. The third kappa shape index (κ3) is 4.65. The highest BCUT2D eigenvalue weighted by molar-refractivity contribution is 8.15. The lowest BCUT2D eigenvalue weighted by Crippen LogP contribution is -2.25. The molecule has 2 aromatic heterocycles. The molecule has 2 N–H and O–H groups in total. The number of hydrogen-bond acceptors (Lipinski definition) is 6. The van der Waals surface area contributed by atoms with Gasteiger partial charge in [-0.1, -0.05) is 30.0 Å². The van der Waals surface area contributed by atoms with Crippen LogP contribution in [0.25, 0.3) is 10.9 Å². The average Bonchev–Trinajstić information content (AvgIpc) is 3.51. The fourth-order valence-corrected chi connectivity index (χ4v) is 6.62. The topological polar surface area (TPSA) is 71.9 Å². The summed E-state index contributed by atoms with van der Waals surface area (Å²) < 4.78 is 15.6. The van der Waals surface area contributed by atoms with Crippen LogP contribution in [0.15, 0.2) is 51.0 Å². The number of aromatic amines is 1. The summed E-state index contributed by atoms with van der Waals surface area (Å²) >= 11 is 3.32. The Bertz CT molecular complexity index is 1050. The van der Waals surface area contributed by atoms with Crippen molar-refractivity contribution in [1.82, 2.24) is 9.88 Å². The maximum Gasteiger partial charge on any atom is 0.163 e. The third-order valence-electron chi connectivity index (χ3n) is 5.15. The van der Waals surface area contributed by atoms with Crippen LogP contribution in [0.4, 0.5) is 5.69 Å². The second-order valence-electron chi connectivity index (χ2n) is 7.30. The second-order valence-corrected chi connectivity index (χ2v) is 11.3. The van der Waals surface area contributed by atoms with E-state index < -0.39 is 11.0 Å². The fraction of sp³-hybridized carbons (Fsp3) is 0.381. The summed E-state index contributed by atoms with van der Waals surface area (Å²) in [6, 6.07) is 12.0. The Morgan fingerprint density at radius 3 is 2.90 bits per heavy atom. The number of aliphatic hydroxyl groups excluding tert-OH is 1. The van der Waals surface area contributed by atoms with Crippen LogP contribution in [0, 0.1) is 0 Å². The average molecular weight is 463 g/mol. The summed E-state index contributed by atoms with van der Waals surface area (Å²) in [6.45, 7) is 2.67. The SMILES string of the molecule is CN(CCO)CCC1CN=C(c2cc3cccc(N(C)S(=O)c4cccs4)c3[nH]2)S1. The minimum Gasteiger partial charge on any atom is -0.395 e. The molecule has 30 heavy (non-hydrogen) atoms. The number of nitrogens with zero attached hydrogens (tertiary/aromatic N) is 3. The summed E-state index contributed by atoms with van der Waals surface area (Å²) in [5.41, 5.74) is 2.91. The molecule has 0 radical (unpaired) electrons. The Labute approximate surface area is 187 Å². The fourth-order valence-electron chi connectivity index (χ4n) is 3.47. The summed E-state index contributed by atoms with van der Waals surface area (Å²) in [5, 5.41) is 13.6. The number of thioether (sulfide) groups is 1. The van der Waals surface area contributed by atoms with E-state index in [0.29, 0.717) is 11.8 Å². The number of H-pyrrole nitrogens is 1. The van der Waals surface area contributed by atoms with Crippen LogP contribution in [-0.4, -0.2) is 69.8 Å². The summed E-state index contributed by atoms with van der Waals surface area (Å²) in [6.07, 6.45) is 1.04. The first-order valence-electron chi connectivity index (χ1n) is 9.88. The molecule has 0 fully saturated rings. The first-order valence-corrected chi connectivity index (χ1v) is 12.7. The normalized spacial score (nSPS) is 17.6. The van der Waals surface area contributed by atoms with Crippen LogP contribution in [0.3, 0.4) is 0 Å². The lowest BCUT2D eigenvalue weighted by atomic mass is 10.2. The highest BCUT2D eigenvalue weighted by Crippen LogP contribution is 2.33. The number of anilines is 1. The van der Waals surface area contributed by atoms with Crippen molar-refractivity contribution in [3.05, 3.63) is 47.5 Å². The number of aliphatic hydroxyl groups is 1. The van der Waals surface area contributed by atoms with Gasteiger partial charge in [0.2, 0.25) is 0 Å². The molecule has 0 saturated heterocycles. The smallest absolute Gasteiger partial charge is 0.163 e. The molecule has 160 valence electrons. The Morgan fingerprint density at radius 2 is 2.13 bits per heavy atom. The minimum atomic E-state index is -1.24. The molecule has 1 aliphatic rings. The van der Waals surface area contributed by atoms with E-state index >= 15 is 0 Å². The first-order chi connectivity index (χ1) is 14.6. The molecule has 9 heteroatoms. The molecule has 2 unspecified atom stereocenters. The molecular formula is C21H26N4O2S3. The zero-order valence-electron chi connectivity index (χ0n) is 17.1. The number of para-hydroxylation sites is 1. The maximum absolute atomic E-state index is 12.9. The van der Waals surface area contributed by atoms with Crippen LogP contribution >= 0.6 is 23.1 Å².